The molecule has 0 bridgehead atoms. The van der Waals surface area contributed by atoms with Crippen molar-refractivity contribution in [2.45, 2.75) is 24.9 Å². The van der Waals surface area contributed by atoms with Crippen molar-refractivity contribution in [1.29, 1.82) is 0 Å². The number of piperazine rings is 1. The van der Waals surface area contributed by atoms with E-state index >= 15 is 0 Å². The number of hydrogen-bond donors (Lipinski definition) is 1. The van der Waals surface area contributed by atoms with E-state index in [-0.39, 0.29) is 19.3 Å². The fourth-order valence-corrected chi connectivity index (χ4v) is 2.34. The maximum atomic E-state index is 12.3. The summed E-state index contributed by atoms with van der Waals surface area (Å²) in [5, 5.41) is 2.56. The summed E-state index contributed by atoms with van der Waals surface area (Å²) >= 11 is 0. The van der Waals surface area contributed by atoms with Crippen molar-refractivity contribution >= 4 is 24.2 Å². The molecule has 7 nitrogen and oxygen atoms in total. The quantitative estimate of drug-likeness (QED) is 0.592. The highest BCUT2D eigenvalue weighted by Gasteiger charge is 2.41. The number of nitrogens with one attached hydrogen (secondary N) is 1. The van der Waals surface area contributed by atoms with Gasteiger partial charge in [-0.1, -0.05) is 30.3 Å². The van der Waals surface area contributed by atoms with Gasteiger partial charge >= 0.3 is 5.97 Å². The Labute approximate surface area is 127 Å². The lowest BCUT2D eigenvalue weighted by atomic mass is 9.99. The average Bonchev–Trinajstić information content (AvgIpc) is 2.53. The Morgan fingerprint density at radius 2 is 2.00 bits per heavy atom. The molecule has 1 aliphatic rings. The molecular formula is C15H16N2O5. The largest absolute Gasteiger partial charge is 0.469 e. The van der Waals surface area contributed by atoms with Crippen molar-refractivity contribution in [3.05, 3.63) is 35.9 Å². The van der Waals surface area contributed by atoms with Crippen molar-refractivity contribution in [3.8, 4) is 0 Å². The minimum atomic E-state index is -1.16. The van der Waals surface area contributed by atoms with Crippen LogP contribution in [0.15, 0.2) is 30.3 Å². The van der Waals surface area contributed by atoms with Gasteiger partial charge in [0.1, 0.15) is 12.1 Å². The number of ether oxygens (including phenoxy) is 1. The van der Waals surface area contributed by atoms with E-state index in [1.165, 1.54) is 7.11 Å². The molecule has 116 valence electrons. The Hall–Kier alpha value is -2.70. The fraction of sp³-hybridized carbons (Fsp3) is 0.333. The second kappa shape index (κ2) is 6.84. The first kappa shape index (κ1) is 15.7. The highest BCUT2D eigenvalue weighted by molar-refractivity contribution is 6.03. The van der Waals surface area contributed by atoms with Crippen LogP contribution >= 0.6 is 0 Å². The smallest absolute Gasteiger partial charge is 0.308 e. The number of hydrogen-bond acceptors (Lipinski definition) is 5. The second-order valence-corrected chi connectivity index (χ2v) is 4.90. The van der Waals surface area contributed by atoms with Crippen LogP contribution in [0.2, 0.25) is 0 Å². The number of amides is 3. The molecule has 1 fully saturated rings. The minimum absolute atomic E-state index is 0.278. The summed E-state index contributed by atoms with van der Waals surface area (Å²) in [5.41, 5.74) is 0.860. The molecule has 1 heterocycles. The van der Waals surface area contributed by atoms with E-state index in [9.17, 15) is 19.2 Å². The van der Waals surface area contributed by atoms with E-state index in [4.69, 9.17) is 0 Å². The lowest BCUT2D eigenvalue weighted by Crippen LogP contribution is -2.63. The van der Waals surface area contributed by atoms with Gasteiger partial charge in [-0.15, -0.1) is 0 Å². The van der Waals surface area contributed by atoms with E-state index in [0.717, 1.165) is 10.5 Å². The summed E-state index contributed by atoms with van der Waals surface area (Å²) in [6, 6.07) is 7.15. The van der Waals surface area contributed by atoms with Gasteiger partial charge in [0.05, 0.1) is 13.5 Å². The van der Waals surface area contributed by atoms with Gasteiger partial charge in [-0.3, -0.25) is 24.1 Å². The van der Waals surface area contributed by atoms with Crippen LogP contribution in [-0.2, 0) is 30.3 Å². The van der Waals surface area contributed by atoms with Gasteiger partial charge < -0.3 is 10.1 Å². The van der Waals surface area contributed by atoms with Gasteiger partial charge in [0, 0.05) is 6.42 Å². The molecule has 1 N–H and O–H groups in total. The summed E-state index contributed by atoms with van der Waals surface area (Å²) < 4.78 is 4.48. The molecule has 0 aromatic heterocycles. The molecule has 0 aliphatic carbocycles. The van der Waals surface area contributed by atoms with Crippen LogP contribution in [0.5, 0.6) is 0 Å². The number of imide groups is 1. The highest BCUT2D eigenvalue weighted by atomic mass is 16.5. The maximum Gasteiger partial charge on any atom is 0.308 e. The number of rotatable bonds is 5. The van der Waals surface area contributed by atoms with Crippen LogP contribution in [0.3, 0.4) is 0 Å². The predicted octanol–water partition coefficient (Wildman–Crippen LogP) is -0.356. The monoisotopic (exact) mass is 304 g/mol. The van der Waals surface area contributed by atoms with E-state index in [1.807, 2.05) is 30.3 Å². The number of esters is 1. The van der Waals surface area contributed by atoms with E-state index in [0.29, 0.717) is 0 Å². The van der Waals surface area contributed by atoms with E-state index < -0.39 is 29.9 Å². The third kappa shape index (κ3) is 3.30. The molecule has 0 radical (unpaired) electrons. The standard InChI is InChI=1S/C15H16N2O5/c1-22-13(19)8-12-14(20)16-11(15(21)17(12)9-18)7-10-5-3-2-4-6-10/h2-6,9,11-12H,7-8H2,1H3,(H,16,20)/t11-,12-/m0/s1. The summed E-state index contributed by atoms with van der Waals surface area (Å²) in [5.74, 6) is -1.74. The molecule has 3 amide bonds. The predicted molar refractivity (Wildman–Crippen MR) is 75.4 cm³/mol. The second-order valence-electron chi connectivity index (χ2n) is 4.90. The van der Waals surface area contributed by atoms with Crippen molar-refractivity contribution in [2.24, 2.45) is 0 Å². The molecule has 0 saturated carbocycles. The van der Waals surface area contributed by atoms with Crippen LogP contribution in [0.1, 0.15) is 12.0 Å². The average molecular weight is 304 g/mol. The van der Waals surface area contributed by atoms with Crippen LogP contribution in [0.4, 0.5) is 0 Å². The molecule has 1 aliphatic heterocycles. The van der Waals surface area contributed by atoms with Crippen LogP contribution < -0.4 is 5.32 Å². The van der Waals surface area contributed by atoms with E-state index in [1.54, 1.807) is 0 Å². The van der Waals surface area contributed by atoms with Crippen LogP contribution in [0.25, 0.3) is 0 Å². The Kier molecular flexibility index (Phi) is 4.88. The van der Waals surface area contributed by atoms with Gasteiger partial charge in [-0.05, 0) is 5.56 Å². The van der Waals surface area contributed by atoms with Gasteiger partial charge in [-0.2, -0.15) is 0 Å². The minimum Gasteiger partial charge on any atom is -0.469 e. The first-order chi connectivity index (χ1) is 10.6. The zero-order chi connectivity index (χ0) is 16.1. The molecule has 1 aromatic rings. The number of nitrogens with zero attached hydrogens (tertiary/aromatic N) is 1. The third-order valence-corrected chi connectivity index (χ3v) is 3.49. The summed E-state index contributed by atoms with van der Waals surface area (Å²) in [4.78, 5) is 47.6. The van der Waals surface area contributed by atoms with Crippen LogP contribution in [-0.4, -0.2) is 48.3 Å². The molecule has 2 rings (SSSR count). The van der Waals surface area contributed by atoms with Gasteiger partial charge in [-0.25, -0.2) is 0 Å². The molecule has 7 heteroatoms. The molecular weight excluding hydrogens is 288 g/mol. The SMILES string of the molecule is COC(=O)C[C@H]1C(=O)N[C@@H](Cc2ccccc2)C(=O)N1C=O. The Morgan fingerprint density at radius 3 is 2.59 bits per heavy atom. The van der Waals surface area contributed by atoms with Crippen molar-refractivity contribution < 1.29 is 23.9 Å². The molecule has 0 spiro atoms. The topological polar surface area (TPSA) is 92.8 Å². The summed E-state index contributed by atoms with van der Waals surface area (Å²) in [6.07, 6.45) is 0.207. The van der Waals surface area contributed by atoms with Crippen LogP contribution in [0, 0.1) is 0 Å². The van der Waals surface area contributed by atoms with Crippen molar-refractivity contribution in [3.63, 3.8) is 0 Å². The van der Waals surface area contributed by atoms with Gasteiger partial charge in [0.2, 0.25) is 12.3 Å². The molecule has 22 heavy (non-hydrogen) atoms. The zero-order valence-corrected chi connectivity index (χ0v) is 12.0. The summed E-state index contributed by atoms with van der Waals surface area (Å²) in [6.45, 7) is 0. The first-order valence-electron chi connectivity index (χ1n) is 6.75. The molecule has 0 unspecified atom stereocenters. The lowest BCUT2D eigenvalue weighted by molar-refractivity contribution is -0.156. The normalized spacial score (nSPS) is 21.2. The molecule has 1 saturated heterocycles. The number of carbonyl (C=O) groups is 4. The van der Waals surface area contributed by atoms with Crippen molar-refractivity contribution in [1.82, 2.24) is 10.2 Å². The highest BCUT2D eigenvalue weighted by Crippen LogP contribution is 2.15. The number of carbonyl (C=O) groups excluding carboxylic acids is 4. The molecule has 1 aromatic carbocycles. The Bertz CT molecular complexity index is 587. The Morgan fingerprint density at radius 1 is 1.32 bits per heavy atom. The van der Waals surface area contributed by atoms with Gasteiger partial charge in [0.25, 0.3) is 5.91 Å². The Balaban J connectivity index is 2.15. The zero-order valence-electron chi connectivity index (χ0n) is 12.0. The van der Waals surface area contributed by atoms with Gasteiger partial charge in [0.15, 0.2) is 0 Å². The fourth-order valence-electron chi connectivity index (χ4n) is 2.34. The van der Waals surface area contributed by atoms with Crippen molar-refractivity contribution in [2.75, 3.05) is 7.11 Å². The maximum absolute atomic E-state index is 12.3. The number of methoxy groups -OCH3 is 1. The third-order valence-electron chi connectivity index (χ3n) is 3.49. The lowest BCUT2D eigenvalue weighted by Gasteiger charge is -2.34. The van der Waals surface area contributed by atoms with E-state index in [2.05, 4.69) is 10.1 Å². The number of benzene rings is 1. The molecule has 2 atom stereocenters. The summed E-state index contributed by atoms with van der Waals surface area (Å²) in [7, 11) is 1.17. The first-order valence-corrected chi connectivity index (χ1v) is 6.75.